The van der Waals surface area contributed by atoms with Crippen LogP contribution in [0.3, 0.4) is 0 Å². The number of amides is 1. The zero-order chi connectivity index (χ0) is 13.5. The van der Waals surface area contributed by atoms with Gasteiger partial charge in [0.15, 0.2) is 4.67 Å². The lowest BCUT2D eigenvalue weighted by Crippen LogP contribution is -2.35. The highest BCUT2D eigenvalue weighted by Crippen LogP contribution is 2.15. The molecule has 5 nitrogen and oxygen atoms in total. The van der Waals surface area contributed by atoms with E-state index in [1.165, 1.54) is 17.1 Å². The minimum atomic E-state index is -1.02. The van der Waals surface area contributed by atoms with Crippen LogP contribution in [-0.4, -0.2) is 35.0 Å². The maximum absolute atomic E-state index is 11.8. The summed E-state index contributed by atoms with van der Waals surface area (Å²) in [5, 5.41) is 8.71. The predicted molar refractivity (Wildman–Crippen MR) is 69.9 cm³/mol. The number of carbonyl (C=O) groups is 2. The van der Waals surface area contributed by atoms with Gasteiger partial charge in [-0.2, -0.15) is 0 Å². The van der Waals surface area contributed by atoms with E-state index in [1.807, 2.05) is 6.92 Å². The van der Waals surface area contributed by atoms with E-state index in [0.717, 1.165) is 0 Å². The minimum absolute atomic E-state index is 0.293. The summed E-state index contributed by atoms with van der Waals surface area (Å²) in [6.07, 6.45) is 3.53. The fraction of sp³-hybridized carbons (Fsp3) is 0.333. The van der Waals surface area contributed by atoms with Gasteiger partial charge in [-0.1, -0.05) is 6.92 Å². The van der Waals surface area contributed by atoms with E-state index in [9.17, 15) is 9.59 Å². The Hall–Kier alpha value is -1.56. The molecule has 0 radical (unpaired) electrons. The molecule has 0 saturated heterocycles. The Labute approximate surface area is 113 Å². The summed E-state index contributed by atoms with van der Waals surface area (Å²) in [6.45, 7) is 2.01. The van der Waals surface area contributed by atoms with E-state index in [2.05, 4.69) is 15.9 Å². The fourth-order valence-corrected chi connectivity index (χ4v) is 1.70. The molecule has 98 valence electrons. The first-order chi connectivity index (χ1) is 8.52. The van der Waals surface area contributed by atoms with E-state index < -0.39 is 5.97 Å². The van der Waals surface area contributed by atoms with Crippen molar-refractivity contribution in [1.82, 2.24) is 4.90 Å². The molecule has 0 aliphatic heterocycles. The Morgan fingerprint density at radius 3 is 2.72 bits per heavy atom. The van der Waals surface area contributed by atoms with E-state index in [-0.39, 0.29) is 12.5 Å². The number of aliphatic carboxylic acids is 1. The van der Waals surface area contributed by atoms with Gasteiger partial charge < -0.3 is 14.4 Å². The average molecular weight is 316 g/mol. The molecule has 1 aromatic rings. The number of nitrogens with zero attached hydrogens (tertiary/aromatic N) is 1. The van der Waals surface area contributed by atoms with Crippen molar-refractivity contribution in [3.63, 3.8) is 0 Å². The summed E-state index contributed by atoms with van der Waals surface area (Å²) in [5.74, 6) is -0.834. The first-order valence-corrected chi connectivity index (χ1v) is 6.26. The molecule has 0 aliphatic carbocycles. The van der Waals surface area contributed by atoms with Crippen LogP contribution in [0.4, 0.5) is 0 Å². The van der Waals surface area contributed by atoms with Crippen LogP contribution in [0.2, 0.25) is 0 Å². The smallest absolute Gasteiger partial charge is 0.323 e. The quantitative estimate of drug-likeness (QED) is 0.818. The van der Waals surface area contributed by atoms with Crippen molar-refractivity contribution in [2.75, 3.05) is 13.1 Å². The summed E-state index contributed by atoms with van der Waals surface area (Å²) in [7, 11) is 0. The van der Waals surface area contributed by atoms with E-state index in [0.29, 0.717) is 23.4 Å². The SMILES string of the molecule is CCCN(CC(=O)O)C(=O)/C=C/c1ccc(Br)o1. The molecular formula is C12H14BrNO4. The zero-order valence-corrected chi connectivity index (χ0v) is 11.5. The molecule has 0 atom stereocenters. The summed E-state index contributed by atoms with van der Waals surface area (Å²) in [5.41, 5.74) is 0. The van der Waals surface area contributed by atoms with Gasteiger partial charge in [0.2, 0.25) is 5.91 Å². The fourth-order valence-electron chi connectivity index (χ4n) is 1.38. The standard InChI is InChI=1S/C12H14BrNO4/c1-2-7-14(8-12(16)17)11(15)6-4-9-3-5-10(13)18-9/h3-6H,2,7-8H2,1H3,(H,16,17)/b6-4+. The highest BCUT2D eigenvalue weighted by molar-refractivity contribution is 9.10. The van der Waals surface area contributed by atoms with Crippen LogP contribution >= 0.6 is 15.9 Å². The molecule has 0 fully saturated rings. The monoisotopic (exact) mass is 315 g/mol. The number of hydrogen-bond acceptors (Lipinski definition) is 3. The van der Waals surface area contributed by atoms with E-state index >= 15 is 0 Å². The number of carboxylic acids is 1. The molecule has 0 saturated carbocycles. The molecule has 0 unspecified atom stereocenters. The molecular weight excluding hydrogens is 302 g/mol. The second kappa shape index (κ2) is 7.00. The zero-order valence-electron chi connectivity index (χ0n) is 9.93. The summed E-state index contributed by atoms with van der Waals surface area (Å²) < 4.78 is 5.77. The summed E-state index contributed by atoms with van der Waals surface area (Å²) in [4.78, 5) is 23.7. The van der Waals surface area contributed by atoms with Crippen molar-refractivity contribution in [3.8, 4) is 0 Å². The third-order valence-corrected chi connectivity index (χ3v) is 2.54. The van der Waals surface area contributed by atoms with Crippen molar-refractivity contribution in [2.24, 2.45) is 0 Å². The highest BCUT2D eigenvalue weighted by Gasteiger charge is 2.13. The van der Waals surface area contributed by atoms with Crippen LogP contribution in [0.1, 0.15) is 19.1 Å². The Morgan fingerprint density at radius 1 is 1.50 bits per heavy atom. The Bertz CT molecular complexity index is 453. The van der Waals surface area contributed by atoms with Crippen molar-refractivity contribution in [3.05, 3.63) is 28.6 Å². The van der Waals surface area contributed by atoms with Gasteiger partial charge in [-0.05, 0) is 40.6 Å². The van der Waals surface area contributed by atoms with Crippen molar-refractivity contribution >= 4 is 33.9 Å². The van der Waals surface area contributed by atoms with Gasteiger partial charge in [0.05, 0.1) is 0 Å². The van der Waals surface area contributed by atoms with Crippen molar-refractivity contribution in [1.29, 1.82) is 0 Å². The van der Waals surface area contributed by atoms with E-state index in [4.69, 9.17) is 9.52 Å². The summed E-state index contributed by atoms with van der Waals surface area (Å²) >= 11 is 3.15. The van der Waals surface area contributed by atoms with Crippen LogP contribution in [-0.2, 0) is 9.59 Å². The molecule has 0 spiro atoms. The molecule has 6 heteroatoms. The largest absolute Gasteiger partial charge is 0.480 e. The first kappa shape index (κ1) is 14.5. The maximum atomic E-state index is 11.8. The number of halogens is 1. The molecule has 1 N–H and O–H groups in total. The van der Waals surface area contributed by atoms with Gasteiger partial charge in [0.25, 0.3) is 0 Å². The normalized spacial score (nSPS) is 10.8. The Balaban J connectivity index is 2.65. The molecule has 1 aromatic heterocycles. The van der Waals surface area contributed by atoms with Crippen molar-refractivity contribution in [2.45, 2.75) is 13.3 Å². The number of carboxylic acid groups (broad SMARTS) is 1. The lowest BCUT2D eigenvalue weighted by Gasteiger charge is -2.17. The number of carbonyl (C=O) groups excluding carboxylic acids is 1. The second-order valence-electron chi connectivity index (χ2n) is 3.63. The molecule has 0 aliphatic rings. The maximum Gasteiger partial charge on any atom is 0.323 e. The van der Waals surface area contributed by atoms with Crippen LogP contribution in [0.25, 0.3) is 6.08 Å². The molecule has 18 heavy (non-hydrogen) atoms. The van der Waals surface area contributed by atoms with Crippen LogP contribution in [0.5, 0.6) is 0 Å². The molecule has 0 aromatic carbocycles. The number of rotatable bonds is 6. The third kappa shape index (κ3) is 4.75. The third-order valence-electron chi connectivity index (χ3n) is 2.12. The molecule has 1 rings (SSSR count). The van der Waals surface area contributed by atoms with Crippen LogP contribution in [0, 0.1) is 0 Å². The van der Waals surface area contributed by atoms with E-state index in [1.54, 1.807) is 12.1 Å². The topological polar surface area (TPSA) is 70.8 Å². The predicted octanol–water partition coefficient (Wildman–Crippen LogP) is 2.38. The Kier molecular flexibility index (Phi) is 5.64. The van der Waals surface area contributed by atoms with Crippen LogP contribution in [0.15, 0.2) is 27.3 Å². The Morgan fingerprint density at radius 2 is 2.22 bits per heavy atom. The minimum Gasteiger partial charge on any atom is -0.480 e. The van der Waals surface area contributed by atoms with Gasteiger partial charge in [-0.15, -0.1) is 0 Å². The molecule has 0 bridgehead atoms. The first-order valence-electron chi connectivity index (χ1n) is 5.47. The van der Waals surface area contributed by atoms with Gasteiger partial charge in [-0.3, -0.25) is 9.59 Å². The molecule has 1 heterocycles. The lowest BCUT2D eigenvalue weighted by atomic mass is 10.3. The average Bonchev–Trinajstić information content (AvgIpc) is 2.71. The van der Waals surface area contributed by atoms with Gasteiger partial charge in [0.1, 0.15) is 12.3 Å². The van der Waals surface area contributed by atoms with Gasteiger partial charge in [0, 0.05) is 12.6 Å². The highest BCUT2D eigenvalue weighted by atomic mass is 79.9. The second-order valence-corrected chi connectivity index (χ2v) is 4.41. The summed E-state index contributed by atoms with van der Waals surface area (Å²) in [6, 6.07) is 3.42. The van der Waals surface area contributed by atoms with Gasteiger partial charge >= 0.3 is 5.97 Å². The number of hydrogen-bond donors (Lipinski definition) is 1. The number of furan rings is 1. The lowest BCUT2D eigenvalue weighted by molar-refractivity contribution is -0.142. The van der Waals surface area contributed by atoms with Crippen LogP contribution < -0.4 is 0 Å². The molecule has 1 amide bonds. The van der Waals surface area contributed by atoms with Gasteiger partial charge in [-0.25, -0.2) is 0 Å². The van der Waals surface area contributed by atoms with Crippen molar-refractivity contribution < 1.29 is 19.1 Å².